The number of nitriles is 1. The van der Waals surface area contributed by atoms with E-state index in [0.717, 1.165) is 22.0 Å². The van der Waals surface area contributed by atoms with Crippen molar-refractivity contribution in [2.45, 2.75) is 39.4 Å². The van der Waals surface area contributed by atoms with Crippen LogP contribution in [-0.4, -0.2) is 21.7 Å². The Morgan fingerprint density at radius 3 is 2.36 bits per heavy atom. The molecule has 0 aliphatic heterocycles. The molecule has 0 bridgehead atoms. The van der Waals surface area contributed by atoms with Crippen molar-refractivity contribution in [3.63, 3.8) is 0 Å². The lowest BCUT2D eigenvalue weighted by Gasteiger charge is -2.28. The summed E-state index contributed by atoms with van der Waals surface area (Å²) >= 11 is 0. The third-order valence-corrected chi connectivity index (χ3v) is 4.38. The summed E-state index contributed by atoms with van der Waals surface area (Å²) in [5, 5.41) is 19.9. The summed E-state index contributed by atoms with van der Waals surface area (Å²) in [5.74, 6) is -1.06. The highest BCUT2D eigenvalue weighted by molar-refractivity contribution is 5.98. The minimum Gasteiger partial charge on any atom is -0.479 e. The van der Waals surface area contributed by atoms with Crippen molar-refractivity contribution in [2.75, 3.05) is 0 Å². The Morgan fingerprint density at radius 1 is 1.14 bits per heavy atom. The Labute approximate surface area is 164 Å². The summed E-state index contributed by atoms with van der Waals surface area (Å²) in [6.45, 7) is 7.29. The highest BCUT2D eigenvalue weighted by Gasteiger charge is 2.32. The number of para-hydroxylation sites is 1. The summed E-state index contributed by atoms with van der Waals surface area (Å²) in [6, 6.07) is 16.9. The molecule has 0 amide bonds. The highest BCUT2D eigenvalue weighted by atomic mass is 16.5. The smallest absolute Gasteiger partial charge is 0.337 e. The van der Waals surface area contributed by atoms with E-state index in [9.17, 15) is 9.90 Å². The van der Waals surface area contributed by atoms with E-state index in [1.54, 1.807) is 19.1 Å². The third-order valence-electron chi connectivity index (χ3n) is 4.38. The molecule has 0 saturated carbocycles. The second-order valence-corrected chi connectivity index (χ2v) is 7.64. The van der Waals surface area contributed by atoms with Crippen molar-refractivity contribution < 1.29 is 14.6 Å². The van der Waals surface area contributed by atoms with Gasteiger partial charge >= 0.3 is 5.97 Å². The Bertz CT molecular complexity index is 1070. The maximum Gasteiger partial charge on any atom is 0.337 e. The van der Waals surface area contributed by atoms with E-state index in [4.69, 9.17) is 10.00 Å². The number of aryl methyl sites for hydroxylation is 1. The fourth-order valence-electron chi connectivity index (χ4n) is 3.28. The van der Waals surface area contributed by atoms with Gasteiger partial charge in [-0.05, 0) is 57.0 Å². The Morgan fingerprint density at radius 2 is 1.79 bits per heavy atom. The van der Waals surface area contributed by atoms with Crippen LogP contribution >= 0.6 is 0 Å². The van der Waals surface area contributed by atoms with Gasteiger partial charge in [0.2, 0.25) is 0 Å². The topological polar surface area (TPSA) is 83.2 Å². The van der Waals surface area contributed by atoms with Crippen molar-refractivity contribution in [3.8, 4) is 17.2 Å². The maximum atomic E-state index is 12.2. The Hall–Kier alpha value is -3.23. The molecule has 2 aromatic carbocycles. The van der Waals surface area contributed by atoms with Crippen molar-refractivity contribution in [1.29, 1.82) is 5.26 Å². The normalized spacial score (nSPS) is 12.5. The first-order chi connectivity index (χ1) is 13.2. The van der Waals surface area contributed by atoms with E-state index >= 15 is 0 Å². The number of carboxylic acid groups (broad SMARTS) is 1. The molecule has 0 aliphatic carbocycles. The third kappa shape index (κ3) is 3.88. The number of benzene rings is 2. The molecule has 1 unspecified atom stereocenters. The van der Waals surface area contributed by atoms with Gasteiger partial charge < -0.3 is 9.84 Å². The fraction of sp³-hybridized carbons (Fsp3) is 0.261. The number of hydrogen-bond acceptors (Lipinski definition) is 4. The molecule has 0 spiro atoms. The molecule has 1 atom stereocenters. The van der Waals surface area contributed by atoms with Gasteiger partial charge in [-0.1, -0.05) is 30.3 Å². The summed E-state index contributed by atoms with van der Waals surface area (Å²) in [4.78, 5) is 16.8. The zero-order valence-corrected chi connectivity index (χ0v) is 16.4. The number of rotatable bonds is 4. The molecule has 1 aromatic heterocycles. The monoisotopic (exact) mass is 374 g/mol. The quantitative estimate of drug-likeness (QED) is 0.693. The van der Waals surface area contributed by atoms with Crippen molar-refractivity contribution in [2.24, 2.45) is 0 Å². The molecule has 1 N–H and O–H groups in total. The molecule has 3 aromatic rings. The number of hydrogen-bond donors (Lipinski definition) is 1. The van der Waals surface area contributed by atoms with Gasteiger partial charge in [-0.15, -0.1) is 0 Å². The van der Waals surface area contributed by atoms with Gasteiger partial charge in [0.25, 0.3) is 0 Å². The molecule has 5 nitrogen and oxygen atoms in total. The van der Waals surface area contributed by atoms with Gasteiger partial charge in [0.1, 0.15) is 0 Å². The Kier molecular flexibility index (Phi) is 5.17. The van der Waals surface area contributed by atoms with E-state index in [1.165, 1.54) is 0 Å². The fourth-order valence-corrected chi connectivity index (χ4v) is 3.28. The van der Waals surface area contributed by atoms with E-state index in [2.05, 4.69) is 11.1 Å². The van der Waals surface area contributed by atoms with Gasteiger partial charge in [0.15, 0.2) is 6.10 Å². The van der Waals surface area contributed by atoms with Gasteiger partial charge in [-0.3, -0.25) is 4.98 Å². The Balaban J connectivity index is 2.36. The minimum absolute atomic E-state index is 0.533. The molecular formula is C23H22N2O3. The zero-order valence-electron chi connectivity index (χ0n) is 16.4. The molecule has 5 heteroatoms. The minimum atomic E-state index is -1.16. The van der Waals surface area contributed by atoms with Crippen LogP contribution < -0.4 is 0 Å². The lowest BCUT2D eigenvalue weighted by molar-refractivity contribution is -0.160. The van der Waals surface area contributed by atoms with Crippen LogP contribution in [0.4, 0.5) is 0 Å². The second kappa shape index (κ2) is 7.41. The molecule has 0 radical (unpaired) electrons. The molecular weight excluding hydrogens is 352 g/mol. The zero-order chi connectivity index (χ0) is 20.5. The van der Waals surface area contributed by atoms with Crippen LogP contribution in [0.25, 0.3) is 22.0 Å². The predicted molar refractivity (Wildman–Crippen MR) is 108 cm³/mol. The molecule has 0 fully saturated rings. The SMILES string of the molecule is Cc1nc2ccccc2c(-c2ccc(C#N)cc2)c1C(OC(C)(C)C)C(=O)O. The van der Waals surface area contributed by atoms with Crippen LogP contribution in [0.5, 0.6) is 0 Å². The van der Waals surface area contributed by atoms with Crippen molar-refractivity contribution >= 4 is 16.9 Å². The molecule has 0 aliphatic rings. The lowest BCUT2D eigenvalue weighted by atomic mass is 9.90. The highest BCUT2D eigenvalue weighted by Crippen LogP contribution is 2.39. The van der Waals surface area contributed by atoms with Crippen molar-refractivity contribution in [3.05, 3.63) is 65.4 Å². The second-order valence-electron chi connectivity index (χ2n) is 7.64. The van der Waals surface area contributed by atoms with Crippen LogP contribution in [0.1, 0.15) is 43.7 Å². The predicted octanol–water partition coefficient (Wildman–Crippen LogP) is 5.02. The van der Waals surface area contributed by atoms with E-state index in [1.807, 2.05) is 57.2 Å². The number of aliphatic carboxylic acids is 1. The number of nitrogens with zero attached hydrogens (tertiary/aromatic N) is 2. The van der Waals surface area contributed by atoms with Gasteiger partial charge in [-0.2, -0.15) is 5.26 Å². The van der Waals surface area contributed by atoms with Crippen LogP contribution in [0.2, 0.25) is 0 Å². The van der Waals surface area contributed by atoms with Crippen LogP contribution in [0.3, 0.4) is 0 Å². The molecule has 0 saturated heterocycles. The largest absolute Gasteiger partial charge is 0.479 e. The van der Waals surface area contributed by atoms with E-state index < -0.39 is 17.7 Å². The lowest BCUT2D eigenvalue weighted by Crippen LogP contribution is -2.28. The average Bonchev–Trinajstić information content (AvgIpc) is 2.64. The van der Waals surface area contributed by atoms with Gasteiger partial charge in [-0.25, -0.2) is 4.79 Å². The molecule has 28 heavy (non-hydrogen) atoms. The summed E-state index contributed by atoms with van der Waals surface area (Å²) < 4.78 is 5.93. The summed E-state index contributed by atoms with van der Waals surface area (Å²) in [5.41, 5.74) is 3.40. The first-order valence-electron chi connectivity index (χ1n) is 9.01. The first-order valence-corrected chi connectivity index (χ1v) is 9.01. The average molecular weight is 374 g/mol. The number of fused-ring (bicyclic) bond motifs is 1. The van der Waals surface area contributed by atoms with E-state index in [-0.39, 0.29) is 0 Å². The molecule has 1 heterocycles. The van der Waals surface area contributed by atoms with Crippen LogP contribution in [0, 0.1) is 18.3 Å². The van der Waals surface area contributed by atoms with Crippen LogP contribution in [-0.2, 0) is 9.53 Å². The van der Waals surface area contributed by atoms with Gasteiger partial charge in [0.05, 0.1) is 22.8 Å². The number of aromatic nitrogens is 1. The molecule has 3 rings (SSSR count). The van der Waals surface area contributed by atoms with Gasteiger partial charge in [0, 0.05) is 16.6 Å². The standard InChI is InChI=1S/C23H22N2O3/c1-14-19(21(22(26)27)28-23(2,3)4)20(16-11-9-15(13-24)10-12-16)17-7-5-6-8-18(17)25-14/h5-12,21H,1-4H3,(H,26,27). The first kappa shape index (κ1) is 19.5. The van der Waals surface area contributed by atoms with E-state index in [0.29, 0.717) is 16.8 Å². The number of ether oxygens (including phenoxy) is 1. The number of pyridine rings is 1. The molecule has 142 valence electrons. The number of carbonyl (C=O) groups is 1. The number of carboxylic acids is 1. The summed E-state index contributed by atoms with van der Waals surface area (Å²) in [7, 11) is 0. The van der Waals surface area contributed by atoms with Crippen LogP contribution in [0.15, 0.2) is 48.5 Å². The maximum absolute atomic E-state index is 12.2. The summed E-state index contributed by atoms with van der Waals surface area (Å²) in [6.07, 6.45) is -1.16. The van der Waals surface area contributed by atoms with Crippen molar-refractivity contribution in [1.82, 2.24) is 4.98 Å².